The zero-order chi connectivity index (χ0) is 28.2. The Hall–Kier alpha value is -3.11. The van der Waals surface area contributed by atoms with Gasteiger partial charge in [-0.1, -0.05) is 53.5 Å². The van der Waals surface area contributed by atoms with Crippen molar-refractivity contribution in [3.05, 3.63) is 99.5 Å². The van der Waals surface area contributed by atoms with Crippen LogP contribution in [0.1, 0.15) is 34.5 Å². The summed E-state index contributed by atoms with van der Waals surface area (Å²) < 4.78 is 28.5. The second kappa shape index (κ2) is 12.4. The van der Waals surface area contributed by atoms with Crippen molar-refractivity contribution in [3.63, 3.8) is 0 Å². The van der Waals surface area contributed by atoms with Crippen LogP contribution in [0.25, 0.3) is 0 Å². The molecule has 0 radical (unpaired) electrons. The van der Waals surface area contributed by atoms with Gasteiger partial charge >= 0.3 is 0 Å². The predicted molar refractivity (Wildman–Crippen MR) is 155 cm³/mol. The molecule has 8 nitrogen and oxygen atoms in total. The number of nitrogens with one attached hydrogen (secondary N) is 3. The van der Waals surface area contributed by atoms with Crippen molar-refractivity contribution < 1.29 is 18.0 Å². The summed E-state index contributed by atoms with van der Waals surface area (Å²) in [5, 5.41) is 6.35. The quantitative estimate of drug-likeness (QED) is 0.327. The number of halogens is 2. The molecule has 1 aliphatic heterocycles. The van der Waals surface area contributed by atoms with Crippen molar-refractivity contribution >= 4 is 50.7 Å². The van der Waals surface area contributed by atoms with Crippen LogP contribution in [-0.4, -0.2) is 57.1 Å². The Kier molecular flexibility index (Phi) is 9.17. The zero-order valence-corrected chi connectivity index (χ0v) is 23.9. The van der Waals surface area contributed by atoms with Gasteiger partial charge in [-0.15, -0.1) is 0 Å². The molecule has 0 aromatic heterocycles. The van der Waals surface area contributed by atoms with Crippen LogP contribution in [0, 0.1) is 5.92 Å². The predicted octanol–water partition coefficient (Wildman–Crippen LogP) is 4.32. The molecular formula is C28H30Cl2N4O4S. The minimum atomic E-state index is -3.67. The number of hydrogen-bond acceptors (Lipinski definition) is 5. The van der Waals surface area contributed by atoms with Crippen molar-refractivity contribution in [1.82, 2.24) is 15.5 Å². The van der Waals surface area contributed by atoms with Crippen LogP contribution in [0.5, 0.6) is 0 Å². The van der Waals surface area contributed by atoms with Gasteiger partial charge in [0.15, 0.2) is 0 Å². The van der Waals surface area contributed by atoms with Gasteiger partial charge in [0.25, 0.3) is 5.91 Å². The highest BCUT2D eigenvalue weighted by Gasteiger charge is 2.36. The highest BCUT2D eigenvalue weighted by Crippen LogP contribution is 2.35. The number of carbonyl (C=O) groups excluding carboxylic acids is 2. The van der Waals surface area contributed by atoms with Gasteiger partial charge in [-0.3, -0.25) is 19.2 Å². The Bertz CT molecular complexity index is 1380. The topological polar surface area (TPSA) is 108 Å². The minimum absolute atomic E-state index is 0.0540. The number of carbonyl (C=O) groups is 2. The summed E-state index contributed by atoms with van der Waals surface area (Å²) in [4.78, 5) is 26.4. The van der Waals surface area contributed by atoms with Gasteiger partial charge in [0.2, 0.25) is 15.9 Å². The third kappa shape index (κ3) is 7.51. The van der Waals surface area contributed by atoms with Gasteiger partial charge in [-0.2, -0.15) is 0 Å². The fourth-order valence-electron chi connectivity index (χ4n) is 4.65. The fraction of sp³-hybridized carbons (Fsp3) is 0.286. The zero-order valence-electron chi connectivity index (χ0n) is 21.5. The molecule has 0 spiro atoms. The smallest absolute Gasteiger partial charge is 0.251 e. The van der Waals surface area contributed by atoms with E-state index in [4.69, 9.17) is 23.2 Å². The summed E-state index contributed by atoms with van der Waals surface area (Å²) in [5.41, 5.74) is 2.64. The third-order valence-electron chi connectivity index (χ3n) is 6.56. The number of likely N-dealkylation sites (N-methyl/N-ethyl adjacent to an activating group) is 1. The molecule has 11 heteroatoms. The monoisotopic (exact) mass is 588 g/mol. The molecular weight excluding hydrogens is 559 g/mol. The summed E-state index contributed by atoms with van der Waals surface area (Å²) in [6.45, 7) is 2.75. The molecule has 0 unspecified atom stereocenters. The maximum absolute atomic E-state index is 13.0. The van der Waals surface area contributed by atoms with Crippen molar-refractivity contribution in [2.24, 2.45) is 5.92 Å². The molecule has 1 aliphatic rings. The first kappa shape index (κ1) is 28.9. The average Bonchev–Trinajstić information content (AvgIpc) is 2.88. The van der Waals surface area contributed by atoms with E-state index < -0.39 is 22.0 Å². The van der Waals surface area contributed by atoms with Crippen LogP contribution in [-0.2, 0) is 14.8 Å². The van der Waals surface area contributed by atoms with E-state index >= 15 is 0 Å². The Morgan fingerprint density at radius 2 is 1.51 bits per heavy atom. The van der Waals surface area contributed by atoms with Crippen molar-refractivity contribution in [3.8, 4) is 0 Å². The van der Waals surface area contributed by atoms with Crippen molar-refractivity contribution in [2.75, 3.05) is 30.6 Å². The van der Waals surface area contributed by atoms with Gasteiger partial charge in [0.05, 0.1) is 11.8 Å². The third-order valence-corrected chi connectivity index (χ3v) is 8.52. The van der Waals surface area contributed by atoms with Gasteiger partial charge in [0, 0.05) is 47.4 Å². The number of likely N-dealkylation sites (tertiary alicyclic amines) is 1. The Morgan fingerprint density at radius 1 is 0.949 bits per heavy atom. The molecule has 1 heterocycles. The number of hydrogen-bond donors (Lipinski definition) is 3. The maximum atomic E-state index is 13.0. The molecule has 0 bridgehead atoms. The van der Waals surface area contributed by atoms with E-state index in [1.165, 1.54) is 13.1 Å². The number of anilines is 1. The normalized spacial score (nSPS) is 14.9. The number of sulfonamides is 1. The second-order valence-corrected chi connectivity index (χ2v) is 12.2. The van der Waals surface area contributed by atoms with E-state index in [1.807, 2.05) is 48.5 Å². The van der Waals surface area contributed by atoms with Gasteiger partial charge in [-0.05, 0) is 60.5 Å². The number of rotatable bonds is 10. The summed E-state index contributed by atoms with van der Waals surface area (Å²) >= 11 is 12.2. The second-order valence-electron chi connectivity index (χ2n) is 9.60. The van der Waals surface area contributed by atoms with Crippen LogP contribution in [0.3, 0.4) is 0 Å². The molecule has 2 amide bonds. The van der Waals surface area contributed by atoms with Crippen molar-refractivity contribution in [2.45, 2.75) is 19.0 Å². The molecule has 0 aliphatic carbocycles. The van der Waals surface area contributed by atoms with Crippen LogP contribution in [0.4, 0.5) is 5.69 Å². The highest BCUT2D eigenvalue weighted by molar-refractivity contribution is 7.92. The molecule has 1 saturated heterocycles. The fourth-order valence-corrected chi connectivity index (χ4v) is 6.30. The molecule has 1 atom stereocenters. The SMILES string of the molecule is CNC(=O)[C@H](C)NC(=O)c1cccc(NS(=O)(=O)CC2CN(C(c3ccc(Cl)cc3)c3ccc(Cl)cc3)C2)c1. The number of nitrogens with zero attached hydrogens (tertiary/aromatic N) is 1. The molecule has 3 aromatic carbocycles. The first-order chi connectivity index (χ1) is 18.5. The van der Waals surface area contributed by atoms with Gasteiger partial charge in [-0.25, -0.2) is 8.42 Å². The molecule has 39 heavy (non-hydrogen) atoms. The molecule has 4 rings (SSSR count). The minimum Gasteiger partial charge on any atom is -0.357 e. The first-order valence-electron chi connectivity index (χ1n) is 12.4. The Labute approximate surface area is 238 Å². The summed E-state index contributed by atoms with van der Waals surface area (Å²) in [6, 6.07) is 20.7. The first-order valence-corrected chi connectivity index (χ1v) is 14.8. The molecule has 3 aromatic rings. The van der Waals surface area contributed by atoms with E-state index in [1.54, 1.807) is 25.1 Å². The molecule has 0 saturated carbocycles. The van der Waals surface area contributed by atoms with E-state index in [2.05, 4.69) is 20.3 Å². The number of amides is 2. The van der Waals surface area contributed by atoms with E-state index in [0.717, 1.165) is 11.1 Å². The maximum Gasteiger partial charge on any atom is 0.251 e. The lowest BCUT2D eigenvalue weighted by molar-refractivity contribution is -0.122. The lowest BCUT2D eigenvalue weighted by Crippen LogP contribution is -2.51. The average molecular weight is 590 g/mol. The van der Waals surface area contributed by atoms with Crippen LogP contribution in [0.2, 0.25) is 10.0 Å². The van der Waals surface area contributed by atoms with Crippen LogP contribution >= 0.6 is 23.2 Å². The van der Waals surface area contributed by atoms with Crippen LogP contribution in [0.15, 0.2) is 72.8 Å². The van der Waals surface area contributed by atoms with E-state index in [0.29, 0.717) is 23.1 Å². The Balaban J connectivity index is 1.39. The van der Waals surface area contributed by atoms with Gasteiger partial charge in [0.1, 0.15) is 6.04 Å². The summed E-state index contributed by atoms with van der Waals surface area (Å²) in [5.74, 6) is -0.924. The number of benzene rings is 3. The lowest BCUT2D eigenvalue weighted by atomic mass is 9.91. The van der Waals surface area contributed by atoms with Crippen molar-refractivity contribution in [1.29, 1.82) is 0 Å². The molecule has 206 valence electrons. The lowest BCUT2D eigenvalue weighted by Gasteiger charge is -2.44. The largest absolute Gasteiger partial charge is 0.357 e. The highest BCUT2D eigenvalue weighted by atomic mass is 35.5. The Morgan fingerprint density at radius 3 is 2.05 bits per heavy atom. The summed E-state index contributed by atoms with van der Waals surface area (Å²) in [6.07, 6.45) is 0. The summed E-state index contributed by atoms with van der Waals surface area (Å²) in [7, 11) is -2.19. The standard InChI is InChI=1S/C28H30Cl2N4O4S/c1-18(27(35)31-2)32-28(36)22-4-3-5-25(14-22)33-39(37,38)17-19-15-34(16-19)26(20-6-10-23(29)11-7-20)21-8-12-24(30)13-9-21/h3-14,18-19,26,33H,15-17H2,1-2H3,(H,31,35)(H,32,36)/t18-/m0/s1. The molecule has 3 N–H and O–H groups in total. The molecule has 1 fully saturated rings. The van der Waals surface area contributed by atoms with Crippen LogP contribution < -0.4 is 15.4 Å². The van der Waals surface area contributed by atoms with Gasteiger partial charge < -0.3 is 10.6 Å². The van der Waals surface area contributed by atoms with E-state index in [9.17, 15) is 18.0 Å². The van der Waals surface area contributed by atoms with E-state index in [-0.39, 0.29) is 34.9 Å².